The molecule has 0 bridgehead atoms. The second-order valence-corrected chi connectivity index (χ2v) is 6.57. The van der Waals surface area contributed by atoms with E-state index < -0.39 is 41.7 Å². The summed E-state index contributed by atoms with van der Waals surface area (Å²) in [5.74, 6) is 0. The largest absolute Gasteiger partial charge is 0.417 e. The van der Waals surface area contributed by atoms with Crippen molar-refractivity contribution in [2.75, 3.05) is 18.6 Å². The van der Waals surface area contributed by atoms with Gasteiger partial charge in [0.25, 0.3) is 0 Å². The topological polar surface area (TPSA) is 65.6 Å². The van der Waals surface area contributed by atoms with Crippen LogP contribution >= 0.6 is 0 Å². The first-order valence-corrected chi connectivity index (χ1v) is 8.20. The zero-order valence-electron chi connectivity index (χ0n) is 14.4. The molecule has 11 heteroatoms. The Bertz CT molecular complexity index is 924. The molecule has 3 rings (SSSR count). The lowest BCUT2D eigenvalue weighted by molar-refractivity contribution is -0.209. The van der Waals surface area contributed by atoms with Crippen LogP contribution in [0.4, 0.5) is 32.0 Å². The molecule has 154 valence electrons. The van der Waals surface area contributed by atoms with Crippen LogP contribution in [0.5, 0.6) is 0 Å². The third kappa shape index (κ3) is 3.81. The van der Waals surface area contributed by atoms with Crippen LogP contribution in [0.2, 0.25) is 0 Å². The molecule has 1 fully saturated rings. The van der Waals surface area contributed by atoms with Crippen molar-refractivity contribution in [1.82, 2.24) is 4.98 Å². The van der Waals surface area contributed by atoms with Crippen molar-refractivity contribution < 1.29 is 36.2 Å². The third-order valence-electron chi connectivity index (χ3n) is 4.80. The number of aromatic nitrogens is 1. The van der Waals surface area contributed by atoms with Crippen LogP contribution in [0.1, 0.15) is 12.0 Å². The number of H-pyrrole nitrogens is 1. The maximum atomic E-state index is 13.3. The molecular formula is C17H16F6N2O3. The fourth-order valence-electron chi connectivity index (χ4n) is 3.47. The Balaban J connectivity index is 2.11. The number of rotatable bonds is 3. The van der Waals surface area contributed by atoms with E-state index >= 15 is 0 Å². The van der Waals surface area contributed by atoms with E-state index in [2.05, 4.69) is 4.98 Å². The van der Waals surface area contributed by atoms with E-state index in [-0.39, 0.29) is 29.6 Å². The van der Waals surface area contributed by atoms with E-state index in [9.17, 15) is 36.2 Å². The normalized spacial score (nSPS) is 22.1. The van der Waals surface area contributed by atoms with Crippen molar-refractivity contribution in [2.24, 2.45) is 0 Å². The molecule has 2 unspecified atom stereocenters. The first-order chi connectivity index (χ1) is 12.9. The quantitative estimate of drug-likeness (QED) is 0.764. The number of nitrogens with one attached hydrogen (secondary N) is 1. The monoisotopic (exact) mass is 410 g/mol. The minimum atomic E-state index is -4.90. The minimum Gasteiger partial charge on any atom is -0.382 e. The van der Waals surface area contributed by atoms with E-state index in [0.717, 1.165) is 6.07 Å². The van der Waals surface area contributed by atoms with Gasteiger partial charge in [-0.25, -0.2) is 0 Å². The zero-order chi connectivity index (χ0) is 20.9. The van der Waals surface area contributed by atoms with E-state index in [4.69, 9.17) is 4.74 Å². The number of aromatic amines is 1. The zero-order valence-corrected chi connectivity index (χ0v) is 14.4. The lowest BCUT2D eigenvalue weighted by atomic mass is 10.0. The number of anilines is 1. The number of halogens is 6. The van der Waals surface area contributed by atoms with Gasteiger partial charge in [0.15, 0.2) is 6.10 Å². The van der Waals surface area contributed by atoms with Crippen molar-refractivity contribution >= 4 is 16.6 Å². The highest BCUT2D eigenvalue weighted by molar-refractivity contribution is 5.86. The Morgan fingerprint density at radius 3 is 2.46 bits per heavy atom. The Kier molecular flexibility index (Phi) is 5.09. The van der Waals surface area contributed by atoms with E-state index in [0.29, 0.717) is 6.07 Å². The van der Waals surface area contributed by atoms with Gasteiger partial charge in [0.05, 0.1) is 17.7 Å². The number of aliphatic hydroxyl groups excluding tert-OH is 1. The molecule has 1 aliphatic rings. The summed E-state index contributed by atoms with van der Waals surface area (Å²) in [6.45, 7) is -0.0372. The maximum absolute atomic E-state index is 13.3. The SMILES string of the molecule is COC1CC([C@@H](O)C(F)(F)F)N(c2ccc3[nH]c(=O)cc(C(F)(F)F)c3c2)C1. The summed E-state index contributed by atoms with van der Waals surface area (Å²) in [6.07, 6.45) is -13.2. The van der Waals surface area contributed by atoms with Crippen molar-refractivity contribution in [3.63, 3.8) is 0 Å². The van der Waals surface area contributed by atoms with Crippen LogP contribution in [-0.4, -0.2) is 48.2 Å². The van der Waals surface area contributed by atoms with Gasteiger partial charge < -0.3 is 19.7 Å². The number of fused-ring (bicyclic) bond motifs is 1. The molecule has 2 heterocycles. The summed E-state index contributed by atoms with van der Waals surface area (Å²) < 4.78 is 84.1. The van der Waals surface area contributed by atoms with Gasteiger partial charge in [-0.05, 0) is 24.6 Å². The van der Waals surface area contributed by atoms with Crippen LogP contribution < -0.4 is 10.5 Å². The summed E-state index contributed by atoms with van der Waals surface area (Å²) >= 11 is 0. The Morgan fingerprint density at radius 2 is 1.89 bits per heavy atom. The van der Waals surface area contributed by atoms with Crippen molar-refractivity contribution in [1.29, 1.82) is 0 Å². The molecule has 0 saturated carbocycles. The lowest BCUT2D eigenvalue weighted by Gasteiger charge is -2.31. The highest BCUT2D eigenvalue weighted by Gasteiger charge is 2.49. The van der Waals surface area contributed by atoms with Gasteiger partial charge in [0.2, 0.25) is 5.56 Å². The van der Waals surface area contributed by atoms with Crippen LogP contribution in [0.15, 0.2) is 29.1 Å². The van der Waals surface area contributed by atoms with E-state index in [1.165, 1.54) is 24.1 Å². The van der Waals surface area contributed by atoms with Crippen molar-refractivity contribution in [2.45, 2.75) is 37.0 Å². The molecule has 0 aliphatic carbocycles. The van der Waals surface area contributed by atoms with Gasteiger partial charge in [0, 0.05) is 36.3 Å². The van der Waals surface area contributed by atoms with Gasteiger partial charge >= 0.3 is 12.4 Å². The van der Waals surface area contributed by atoms with E-state index in [1.807, 2.05) is 0 Å². The molecule has 1 aromatic heterocycles. The van der Waals surface area contributed by atoms with Gasteiger partial charge in [-0.3, -0.25) is 4.79 Å². The molecule has 1 saturated heterocycles. The maximum Gasteiger partial charge on any atom is 0.417 e. The third-order valence-corrected chi connectivity index (χ3v) is 4.80. The fourth-order valence-corrected chi connectivity index (χ4v) is 3.47. The van der Waals surface area contributed by atoms with Crippen molar-refractivity contribution in [3.05, 3.63) is 40.2 Å². The number of pyridine rings is 1. The molecule has 1 aliphatic heterocycles. The summed E-state index contributed by atoms with van der Waals surface area (Å²) in [4.78, 5) is 14.9. The Labute approximate surface area is 154 Å². The van der Waals surface area contributed by atoms with Gasteiger partial charge in [-0.15, -0.1) is 0 Å². The van der Waals surface area contributed by atoms with Crippen molar-refractivity contribution in [3.8, 4) is 0 Å². The molecule has 3 atom stereocenters. The molecular weight excluding hydrogens is 394 g/mol. The fraction of sp³-hybridized carbons (Fsp3) is 0.471. The Morgan fingerprint density at radius 1 is 1.21 bits per heavy atom. The van der Waals surface area contributed by atoms with Crippen LogP contribution in [0.25, 0.3) is 10.9 Å². The molecule has 28 heavy (non-hydrogen) atoms. The number of alkyl halides is 6. The molecule has 2 aromatic rings. The minimum absolute atomic E-state index is 0.0372. The highest BCUT2D eigenvalue weighted by Crippen LogP contribution is 2.38. The summed E-state index contributed by atoms with van der Waals surface area (Å²) in [7, 11) is 1.30. The van der Waals surface area contributed by atoms with Crippen LogP contribution in [0, 0.1) is 0 Å². The Hall–Kier alpha value is -2.27. The summed E-state index contributed by atoms with van der Waals surface area (Å²) in [5, 5.41) is 9.36. The lowest BCUT2D eigenvalue weighted by Crippen LogP contribution is -2.47. The molecule has 1 aromatic carbocycles. The second kappa shape index (κ2) is 6.96. The average molecular weight is 410 g/mol. The molecule has 0 radical (unpaired) electrons. The van der Waals surface area contributed by atoms with Gasteiger partial charge in [-0.1, -0.05) is 0 Å². The number of ether oxygens (including phenoxy) is 1. The average Bonchev–Trinajstić information content (AvgIpc) is 3.02. The summed E-state index contributed by atoms with van der Waals surface area (Å²) in [6, 6.07) is 2.53. The second-order valence-electron chi connectivity index (χ2n) is 6.57. The number of hydrogen-bond donors (Lipinski definition) is 2. The van der Waals surface area contributed by atoms with Crippen LogP contribution in [-0.2, 0) is 10.9 Å². The molecule has 2 N–H and O–H groups in total. The number of benzene rings is 1. The highest BCUT2D eigenvalue weighted by atomic mass is 19.4. The number of nitrogens with zero attached hydrogens (tertiary/aromatic N) is 1. The van der Waals surface area contributed by atoms with Gasteiger partial charge in [-0.2, -0.15) is 26.3 Å². The van der Waals surface area contributed by atoms with Gasteiger partial charge in [0.1, 0.15) is 0 Å². The first-order valence-electron chi connectivity index (χ1n) is 8.20. The standard InChI is InChI=1S/C17H16F6N2O3/c1-28-9-5-13(15(27)17(21,22)23)25(7-9)8-2-3-12-10(4-8)11(16(18,19)20)6-14(26)24-12/h2-4,6,9,13,15,27H,5,7H2,1H3,(H,24,26)/t9?,13?,15-/m1/s1. The number of hydrogen-bond acceptors (Lipinski definition) is 4. The number of methoxy groups -OCH3 is 1. The van der Waals surface area contributed by atoms with Crippen LogP contribution in [0.3, 0.4) is 0 Å². The first kappa shape index (κ1) is 20.5. The molecule has 5 nitrogen and oxygen atoms in total. The van der Waals surface area contributed by atoms with E-state index in [1.54, 1.807) is 0 Å². The summed E-state index contributed by atoms with van der Waals surface area (Å²) in [5.41, 5.74) is -2.18. The molecule has 0 amide bonds. The predicted molar refractivity (Wildman–Crippen MR) is 88.2 cm³/mol. The predicted octanol–water partition coefficient (Wildman–Crippen LogP) is 3.06. The molecule has 0 spiro atoms. The number of aliphatic hydroxyl groups is 1. The smallest absolute Gasteiger partial charge is 0.382 e.